The first-order valence-electron chi connectivity index (χ1n) is 9.10. The summed E-state index contributed by atoms with van der Waals surface area (Å²) in [5, 5.41) is 15.9. The lowest BCUT2D eigenvalue weighted by molar-refractivity contribution is -0.137. The first kappa shape index (κ1) is 18.5. The standard InChI is InChI=1S/C20H21F3N2OS/c21-20(22,23)13-9-16(24-14-7-5-12(11-26)6-8-14)19-18(10-13)27-17-4-2-1-3-15(17)25-19/h1-4,9-10,12,14,24-26H,5-8,11H2. The van der Waals surface area contributed by atoms with Gasteiger partial charge in [-0.3, -0.25) is 0 Å². The molecule has 0 unspecified atom stereocenters. The van der Waals surface area contributed by atoms with E-state index >= 15 is 0 Å². The summed E-state index contributed by atoms with van der Waals surface area (Å²) >= 11 is 1.36. The van der Waals surface area contributed by atoms with Gasteiger partial charge in [-0.15, -0.1) is 0 Å². The maximum atomic E-state index is 13.4. The number of para-hydroxylation sites is 1. The van der Waals surface area contributed by atoms with Crippen LogP contribution in [0.3, 0.4) is 0 Å². The molecule has 4 rings (SSSR count). The quantitative estimate of drug-likeness (QED) is 0.519. The van der Waals surface area contributed by atoms with E-state index in [0.29, 0.717) is 22.2 Å². The smallest absolute Gasteiger partial charge is 0.396 e. The van der Waals surface area contributed by atoms with Crippen LogP contribution >= 0.6 is 11.8 Å². The number of halogens is 3. The van der Waals surface area contributed by atoms with Crippen LogP contribution in [0.4, 0.5) is 30.2 Å². The van der Waals surface area contributed by atoms with Gasteiger partial charge in [0.1, 0.15) is 0 Å². The van der Waals surface area contributed by atoms with Gasteiger partial charge >= 0.3 is 6.18 Å². The van der Waals surface area contributed by atoms with Crippen molar-refractivity contribution in [2.45, 2.75) is 47.7 Å². The van der Waals surface area contributed by atoms with Gasteiger partial charge < -0.3 is 15.7 Å². The number of anilines is 3. The highest BCUT2D eigenvalue weighted by Crippen LogP contribution is 2.49. The van der Waals surface area contributed by atoms with Crippen LogP contribution in [-0.4, -0.2) is 17.8 Å². The molecule has 3 N–H and O–H groups in total. The van der Waals surface area contributed by atoms with Crippen molar-refractivity contribution < 1.29 is 18.3 Å². The van der Waals surface area contributed by atoms with E-state index in [-0.39, 0.29) is 12.6 Å². The third kappa shape index (κ3) is 3.89. The molecule has 2 aromatic rings. The molecule has 0 amide bonds. The minimum atomic E-state index is -4.39. The Morgan fingerprint density at radius 2 is 1.81 bits per heavy atom. The SMILES string of the molecule is OCC1CCC(Nc2cc(C(F)(F)F)cc3c2Nc2ccccc2S3)CC1. The van der Waals surface area contributed by atoms with Crippen molar-refractivity contribution in [2.75, 3.05) is 17.2 Å². The summed E-state index contributed by atoms with van der Waals surface area (Å²) < 4.78 is 40.3. The number of hydrogen-bond donors (Lipinski definition) is 3. The van der Waals surface area contributed by atoms with Crippen molar-refractivity contribution >= 4 is 28.8 Å². The van der Waals surface area contributed by atoms with Crippen molar-refractivity contribution in [3.05, 3.63) is 42.0 Å². The fraction of sp³-hybridized carbons (Fsp3) is 0.400. The normalized spacial score (nSPS) is 21.8. The number of fused-ring (bicyclic) bond motifs is 2. The third-order valence-corrected chi connectivity index (χ3v) is 6.38. The van der Waals surface area contributed by atoms with E-state index in [9.17, 15) is 18.3 Å². The monoisotopic (exact) mass is 394 g/mol. The first-order valence-corrected chi connectivity index (χ1v) is 9.92. The van der Waals surface area contributed by atoms with Gasteiger partial charge in [-0.05, 0) is 55.9 Å². The molecule has 7 heteroatoms. The predicted octanol–water partition coefficient (Wildman–Crippen LogP) is 5.88. The Kier molecular flexibility index (Phi) is 4.99. The van der Waals surface area contributed by atoms with Crippen LogP contribution in [0.15, 0.2) is 46.2 Å². The third-order valence-electron chi connectivity index (χ3n) is 5.26. The second-order valence-corrected chi connectivity index (χ2v) is 8.25. The maximum absolute atomic E-state index is 13.4. The van der Waals surface area contributed by atoms with Crippen molar-refractivity contribution in [1.82, 2.24) is 0 Å². The Hall–Kier alpha value is -1.86. The Morgan fingerprint density at radius 1 is 1.07 bits per heavy atom. The number of aliphatic hydroxyl groups excluding tert-OH is 1. The van der Waals surface area contributed by atoms with Crippen LogP contribution in [0.5, 0.6) is 0 Å². The van der Waals surface area contributed by atoms with Crippen molar-refractivity contribution in [2.24, 2.45) is 5.92 Å². The van der Waals surface area contributed by atoms with Crippen LogP contribution in [-0.2, 0) is 6.18 Å². The lowest BCUT2D eigenvalue weighted by Gasteiger charge is -2.31. The Labute approximate surface area is 160 Å². The highest BCUT2D eigenvalue weighted by atomic mass is 32.2. The van der Waals surface area contributed by atoms with E-state index in [4.69, 9.17) is 0 Å². The Morgan fingerprint density at radius 3 is 2.52 bits per heavy atom. The van der Waals surface area contributed by atoms with E-state index in [0.717, 1.165) is 36.3 Å². The summed E-state index contributed by atoms with van der Waals surface area (Å²) in [5.74, 6) is 0.305. The molecular weight excluding hydrogens is 373 g/mol. The molecule has 0 aromatic heterocycles. The van der Waals surface area contributed by atoms with Crippen molar-refractivity contribution in [3.63, 3.8) is 0 Å². The lowest BCUT2D eigenvalue weighted by Crippen LogP contribution is -2.28. The first-order chi connectivity index (χ1) is 12.9. The van der Waals surface area contributed by atoms with Gasteiger partial charge in [-0.25, -0.2) is 0 Å². The van der Waals surface area contributed by atoms with Crippen LogP contribution < -0.4 is 10.6 Å². The Bertz CT molecular complexity index is 832. The molecule has 0 radical (unpaired) electrons. The van der Waals surface area contributed by atoms with E-state index in [2.05, 4.69) is 10.6 Å². The second-order valence-electron chi connectivity index (χ2n) is 7.16. The molecule has 144 valence electrons. The number of aliphatic hydroxyl groups is 1. The molecule has 1 aliphatic carbocycles. The molecule has 1 fully saturated rings. The zero-order valence-electron chi connectivity index (χ0n) is 14.6. The van der Waals surface area contributed by atoms with Gasteiger partial charge in [0.2, 0.25) is 0 Å². The van der Waals surface area contributed by atoms with Gasteiger partial charge in [-0.2, -0.15) is 13.2 Å². The zero-order valence-corrected chi connectivity index (χ0v) is 15.5. The topological polar surface area (TPSA) is 44.3 Å². The molecule has 1 heterocycles. The number of hydrogen-bond acceptors (Lipinski definition) is 4. The average molecular weight is 394 g/mol. The Balaban J connectivity index is 1.66. The molecule has 0 atom stereocenters. The van der Waals surface area contributed by atoms with Gasteiger partial charge in [0.05, 0.1) is 22.6 Å². The van der Waals surface area contributed by atoms with Crippen LogP contribution in [0.2, 0.25) is 0 Å². The summed E-state index contributed by atoms with van der Waals surface area (Å²) in [6.45, 7) is 0.181. The zero-order chi connectivity index (χ0) is 19.0. The summed E-state index contributed by atoms with van der Waals surface area (Å²) in [7, 11) is 0. The minimum Gasteiger partial charge on any atom is -0.396 e. The van der Waals surface area contributed by atoms with Crippen molar-refractivity contribution in [1.29, 1.82) is 0 Å². The number of rotatable bonds is 3. The molecule has 0 saturated heterocycles. The van der Waals surface area contributed by atoms with Crippen LogP contribution in [0, 0.1) is 5.92 Å². The van der Waals surface area contributed by atoms with Crippen LogP contribution in [0.1, 0.15) is 31.2 Å². The van der Waals surface area contributed by atoms with Crippen molar-refractivity contribution in [3.8, 4) is 0 Å². The van der Waals surface area contributed by atoms with Gasteiger partial charge in [0.15, 0.2) is 0 Å². The molecule has 0 spiro atoms. The summed E-state index contributed by atoms with van der Waals surface area (Å²) in [6, 6.07) is 10.2. The molecule has 2 aliphatic rings. The molecule has 3 nitrogen and oxygen atoms in total. The fourth-order valence-electron chi connectivity index (χ4n) is 3.72. The summed E-state index contributed by atoms with van der Waals surface area (Å²) in [5.41, 5.74) is 1.47. The molecule has 0 bridgehead atoms. The fourth-order valence-corrected chi connectivity index (χ4v) is 4.79. The van der Waals surface area contributed by atoms with E-state index in [1.54, 1.807) is 0 Å². The highest BCUT2D eigenvalue weighted by molar-refractivity contribution is 7.99. The largest absolute Gasteiger partial charge is 0.416 e. The molecule has 1 saturated carbocycles. The number of nitrogens with one attached hydrogen (secondary N) is 2. The molecule has 1 aliphatic heterocycles. The lowest BCUT2D eigenvalue weighted by atomic mass is 9.86. The highest BCUT2D eigenvalue weighted by Gasteiger charge is 2.34. The van der Waals surface area contributed by atoms with E-state index < -0.39 is 11.7 Å². The van der Waals surface area contributed by atoms with Crippen LogP contribution in [0.25, 0.3) is 0 Å². The van der Waals surface area contributed by atoms with E-state index in [1.807, 2.05) is 24.3 Å². The van der Waals surface area contributed by atoms with Gasteiger partial charge in [0, 0.05) is 22.4 Å². The molecule has 27 heavy (non-hydrogen) atoms. The van der Waals surface area contributed by atoms with Gasteiger partial charge in [0.25, 0.3) is 0 Å². The minimum absolute atomic E-state index is 0.115. The average Bonchev–Trinajstić information content (AvgIpc) is 2.66. The number of benzene rings is 2. The summed E-state index contributed by atoms with van der Waals surface area (Å²) in [4.78, 5) is 1.49. The molecular formula is C20H21F3N2OS. The summed E-state index contributed by atoms with van der Waals surface area (Å²) in [6.07, 6.45) is -0.919. The maximum Gasteiger partial charge on any atom is 0.416 e. The number of alkyl halides is 3. The van der Waals surface area contributed by atoms with E-state index in [1.165, 1.54) is 23.9 Å². The predicted molar refractivity (Wildman–Crippen MR) is 102 cm³/mol. The second kappa shape index (κ2) is 7.28. The van der Waals surface area contributed by atoms with Gasteiger partial charge in [-0.1, -0.05) is 23.9 Å². The molecule has 2 aromatic carbocycles.